The number of alkyl halides is 3. The number of fused-ring (bicyclic) bond motifs is 1. The zero-order valence-electron chi connectivity index (χ0n) is 14.0. The number of hydrogen-bond acceptors (Lipinski definition) is 3. The van der Waals surface area contributed by atoms with Gasteiger partial charge in [-0.1, -0.05) is 0 Å². The fourth-order valence-electron chi connectivity index (χ4n) is 2.81. The lowest BCUT2D eigenvalue weighted by atomic mass is 9.91. The van der Waals surface area contributed by atoms with Gasteiger partial charge in [0.1, 0.15) is 10.5 Å². The molecule has 7 heteroatoms. The first kappa shape index (κ1) is 18.1. The van der Waals surface area contributed by atoms with Gasteiger partial charge >= 0.3 is 12.3 Å². The maximum Gasteiger partial charge on any atom is 0.425 e. The van der Waals surface area contributed by atoms with Crippen LogP contribution in [0.15, 0.2) is 0 Å². The summed E-state index contributed by atoms with van der Waals surface area (Å²) in [6.45, 7) is 6.90. The van der Waals surface area contributed by atoms with Gasteiger partial charge in [-0.15, -0.1) is 11.3 Å². The van der Waals surface area contributed by atoms with Crippen LogP contribution in [0.1, 0.15) is 48.1 Å². The molecule has 1 atom stereocenters. The molecule has 0 saturated heterocycles. The van der Waals surface area contributed by atoms with Gasteiger partial charge in [-0.25, -0.2) is 4.79 Å². The smallest absolute Gasteiger partial charge is 0.425 e. The van der Waals surface area contributed by atoms with Crippen molar-refractivity contribution in [3.63, 3.8) is 0 Å². The van der Waals surface area contributed by atoms with E-state index >= 15 is 0 Å². The number of ether oxygens (including phenoxy) is 1. The Morgan fingerprint density at radius 3 is 2.43 bits per heavy atom. The van der Waals surface area contributed by atoms with E-state index < -0.39 is 22.7 Å². The van der Waals surface area contributed by atoms with E-state index in [1.165, 1.54) is 11.8 Å². The van der Waals surface area contributed by atoms with Crippen LogP contribution in [0.2, 0.25) is 0 Å². The van der Waals surface area contributed by atoms with Crippen LogP contribution in [0.5, 0.6) is 0 Å². The van der Waals surface area contributed by atoms with E-state index in [4.69, 9.17) is 4.74 Å². The first-order chi connectivity index (χ1) is 10.4. The molecular weight excluding hydrogens is 327 g/mol. The Kier molecular flexibility index (Phi) is 4.72. The number of halogens is 3. The molecule has 1 heterocycles. The molecule has 1 aromatic heterocycles. The molecule has 0 spiro atoms. The summed E-state index contributed by atoms with van der Waals surface area (Å²) in [6.07, 6.45) is -3.08. The second-order valence-corrected chi connectivity index (χ2v) is 8.05. The molecule has 0 fully saturated rings. The van der Waals surface area contributed by atoms with Crippen molar-refractivity contribution in [1.29, 1.82) is 0 Å². The second kappa shape index (κ2) is 6.00. The maximum atomic E-state index is 13.0. The summed E-state index contributed by atoms with van der Waals surface area (Å²) in [6, 6.07) is -0.128. The lowest BCUT2D eigenvalue weighted by Crippen LogP contribution is -2.43. The zero-order valence-corrected chi connectivity index (χ0v) is 14.8. The van der Waals surface area contributed by atoms with Crippen molar-refractivity contribution in [1.82, 2.24) is 4.90 Å². The molecule has 3 nitrogen and oxygen atoms in total. The van der Waals surface area contributed by atoms with E-state index in [-0.39, 0.29) is 6.04 Å². The van der Waals surface area contributed by atoms with Gasteiger partial charge in [0.05, 0.1) is 0 Å². The topological polar surface area (TPSA) is 29.5 Å². The van der Waals surface area contributed by atoms with Gasteiger partial charge < -0.3 is 9.64 Å². The molecule has 0 aliphatic heterocycles. The largest absolute Gasteiger partial charge is 0.444 e. The Bertz CT molecular complexity index is 602. The van der Waals surface area contributed by atoms with Gasteiger partial charge in [-0.3, -0.25) is 0 Å². The van der Waals surface area contributed by atoms with Gasteiger partial charge in [-0.05, 0) is 51.7 Å². The van der Waals surface area contributed by atoms with Crippen LogP contribution in [-0.2, 0) is 23.8 Å². The lowest BCUT2D eigenvalue weighted by Gasteiger charge is -2.33. The van der Waals surface area contributed by atoms with E-state index in [0.29, 0.717) is 24.8 Å². The lowest BCUT2D eigenvalue weighted by molar-refractivity contribution is -0.134. The summed E-state index contributed by atoms with van der Waals surface area (Å²) in [7, 11) is 1.65. The van der Waals surface area contributed by atoms with Crippen LogP contribution in [0.3, 0.4) is 0 Å². The molecule has 1 amide bonds. The number of thiophene rings is 1. The zero-order chi connectivity index (χ0) is 17.6. The van der Waals surface area contributed by atoms with E-state index in [9.17, 15) is 18.0 Å². The normalized spacial score (nSPS) is 18.5. The van der Waals surface area contributed by atoms with Gasteiger partial charge in [0.25, 0.3) is 0 Å². The standard InChI is InChI=1S/C16H22F3NO2S/c1-9-11-7-6-10(20(5)14(21)22-15(2,3)4)8-12(11)23-13(9)16(17,18)19/h10H,6-8H2,1-5H3. The number of nitrogens with zero attached hydrogens (tertiary/aromatic N) is 1. The summed E-state index contributed by atoms with van der Waals surface area (Å²) >= 11 is 0.811. The third-order valence-corrected chi connectivity index (χ3v) is 5.39. The Balaban J connectivity index is 2.16. The van der Waals surface area contributed by atoms with E-state index in [0.717, 1.165) is 21.8 Å². The molecule has 2 rings (SSSR count). The highest BCUT2D eigenvalue weighted by Crippen LogP contribution is 2.43. The quantitative estimate of drug-likeness (QED) is 0.729. The number of amides is 1. The van der Waals surface area contributed by atoms with Gasteiger partial charge in [0.15, 0.2) is 0 Å². The summed E-state index contributed by atoms with van der Waals surface area (Å²) in [5.41, 5.74) is 0.556. The molecule has 0 N–H and O–H groups in total. The number of likely N-dealkylation sites (N-methyl/N-ethyl adjacent to an activating group) is 1. The average Bonchev–Trinajstić information content (AvgIpc) is 2.72. The minimum Gasteiger partial charge on any atom is -0.444 e. The summed E-state index contributed by atoms with van der Waals surface area (Å²) in [5, 5.41) is 0. The molecule has 0 saturated carbocycles. The number of carbonyl (C=O) groups excluding carboxylic acids is 1. The molecule has 1 aliphatic carbocycles. The van der Waals surface area contributed by atoms with Crippen molar-refractivity contribution in [2.75, 3.05) is 7.05 Å². The molecule has 0 aromatic carbocycles. The Labute approximate surface area is 138 Å². The van der Waals surface area contributed by atoms with Crippen LogP contribution >= 0.6 is 11.3 Å². The molecule has 1 aliphatic rings. The predicted molar refractivity (Wildman–Crippen MR) is 83.9 cm³/mol. The third kappa shape index (κ3) is 4.00. The van der Waals surface area contributed by atoms with E-state index in [2.05, 4.69) is 0 Å². The first-order valence-corrected chi connectivity index (χ1v) is 8.36. The molecule has 1 aromatic rings. The molecule has 130 valence electrons. The van der Waals surface area contributed by atoms with Crippen molar-refractivity contribution in [2.45, 2.75) is 64.8 Å². The summed E-state index contributed by atoms with van der Waals surface area (Å²) in [4.78, 5) is 13.9. The molecule has 0 bridgehead atoms. The highest BCUT2D eigenvalue weighted by Gasteiger charge is 2.38. The Hall–Kier alpha value is -1.24. The van der Waals surface area contributed by atoms with Gasteiger partial charge in [0.2, 0.25) is 0 Å². The third-order valence-electron chi connectivity index (χ3n) is 3.99. The molecular formula is C16H22F3NO2S. The van der Waals surface area contributed by atoms with Gasteiger partial charge in [-0.2, -0.15) is 13.2 Å². The molecule has 1 unspecified atom stereocenters. The summed E-state index contributed by atoms with van der Waals surface area (Å²) < 4.78 is 44.4. The van der Waals surface area contributed by atoms with Crippen molar-refractivity contribution in [3.8, 4) is 0 Å². The average molecular weight is 349 g/mol. The number of hydrogen-bond donors (Lipinski definition) is 0. The van der Waals surface area contributed by atoms with Crippen LogP contribution < -0.4 is 0 Å². The molecule has 0 radical (unpaired) electrons. The van der Waals surface area contributed by atoms with Gasteiger partial charge in [0, 0.05) is 24.4 Å². The minimum atomic E-state index is -4.31. The highest BCUT2D eigenvalue weighted by atomic mass is 32.1. The number of rotatable bonds is 1. The highest BCUT2D eigenvalue weighted by molar-refractivity contribution is 7.12. The predicted octanol–water partition coefficient (Wildman–Crippen LogP) is 4.80. The van der Waals surface area contributed by atoms with Crippen LogP contribution in [-0.4, -0.2) is 29.7 Å². The van der Waals surface area contributed by atoms with Crippen LogP contribution in [0, 0.1) is 6.92 Å². The summed E-state index contributed by atoms with van der Waals surface area (Å²) in [5.74, 6) is 0. The first-order valence-electron chi connectivity index (χ1n) is 7.54. The second-order valence-electron chi connectivity index (χ2n) is 6.94. The monoisotopic (exact) mass is 349 g/mol. The van der Waals surface area contributed by atoms with Crippen LogP contribution in [0.4, 0.5) is 18.0 Å². The minimum absolute atomic E-state index is 0.128. The van der Waals surface area contributed by atoms with Crippen LogP contribution in [0.25, 0.3) is 0 Å². The SMILES string of the molecule is Cc1c(C(F)(F)F)sc2c1CCC(N(C)C(=O)OC(C)(C)C)C2. The Morgan fingerprint density at radius 2 is 1.91 bits per heavy atom. The van der Waals surface area contributed by atoms with E-state index in [1.807, 2.05) is 0 Å². The Morgan fingerprint density at radius 1 is 1.30 bits per heavy atom. The van der Waals surface area contributed by atoms with Crippen molar-refractivity contribution >= 4 is 17.4 Å². The maximum absolute atomic E-state index is 13.0. The fourth-order valence-corrected chi connectivity index (χ4v) is 4.10. The van der Waals surface area contributed by atoms with E-state index in [1.54, 1.807) is 27.8 Å². The van der Waals surface area contributed by atoms with Crippen molar-refractivity contribution in [2.24, 2.45) is 0 Å². The van der Waals surface area contributed by atoms with Crippen molar-refractivity contribution in [3.05, 3.63) is 20.9 Å². The van der Waals surface area contributed by atoms with Crippen molar-refractivity contribution < 1.29 is 22.7 Å². The molecule has 23 heavy (non-hydrogen) atoms. The number of carbonyl (C=O) groups is 1. The fraction of sp³-hybridized carbons (Fsp3) is 0.688.